The molecule has 0 bridgehead atoms. The van der Waals surface area contributed by atoms with E-state index >= 15 is 0 Å². The first kappa shape index (κ1) is 12.2. The Balaban J connectivity index is 2.11. The highest BCUT2D eigenvalue weighted by atomic mass is 19.1. The number of hydrogen-bond acceptors (Lipinski definition) is 3. The van der Waals surface area contributed by atoms with Gasteiger partial charge in [-0.3, -0.25) is 0 Å². The fourth-order valence-electron chi connectivity index (χ4n) is 2.20. The fourth-order valence-corrected chi connectivity index (χ4v) is 2.20. The van der Waals surface area contributed by atoms with Gasteiger partial charge >= 0.3 is 0 Å². The lowest BCUT2D eigenvalue weighted by molar-refractivity contribution is 0.415. The average molecular weight is 261 g/mol. The van der Waals surface area contributed by atoms with E-state index in [0.717, 1.165) is 24.4 Å². The topological polar surface area (TPSA) is 63.9 Å². The number of rotatable bonds is 3. The van der Waals surface area contributed by atoms with Crippen LogP contribution in [0.3, 0.4) is 0 Å². The van der Waals surface area contributed by atoms with Crippen LogP contribution in [0.5, 0.6) is 5.75 Å². The molecule has 1 heterocycles. The maximum Gasteiger partial charge on any atom is 0.128 e. The summed E-state index contributed by atoms with van der Waals surface area (Å²) in [4.78, 5) is 7.74. The molecule has 19 heavy (non-hydrogen) atoms. The number of nitrogens with two attached hydrogens (primary N) is 1. The Morgan fingerprint density at radius 2 is 2.16 bits per heavy atom. The quantitative estimate of drug-likeness (QED) is 0.892. The number of ether oxygens (including phenoxy) is 1. The van der Waals surface area contributed by atoms with Crippen molar-refractivity contribution in [3.8, 4) is 17.0 Å². The zero-order valence-corrected chi connectivity index (χ0v) is 11.0. The number of nitrogens with zero attached hydrogens (tertiary/aromatic N) is 1. The first-order chi connectivity index (χ1) is 9.03. The van der Waals surface area contributed by atoms with Gasteiger partial charge in [0, 0.05) is 11.3 Å². The number of benzene rings is 1. The molecule has 1 fully saturated rings. The van der Waals surface area contributed by atoms with Gasteiger partial charge in [-0.1, -0.05) is 0 Å². The Hall–Kier alpha value is -1.88. The van der Waals surface area contributed by atoms with E-state index in [1.54, 1.807) is 13.2 Å². The first-order valence-corrected chi connectivity index (χ1v) is 6.23. The molecule has 5 heteroatoms. The number of hydrogen-bond donors (Lipinski definition) is 2. The molecule has 2 aromatic rings. The highest BCUT2D eigenvalue weighted by molar-refractivity contribution is 5.69. The van der Waals surface area contributed by atoms with Crippen LogP contribution in [0.2, 0.25) is 0 Å². The molecule has 0 atom stereocenters. The van der Waals surface area contributed by atoms with Gasteiger partial charge < -0.3 is 15.5 Å². The summed E-state index contributed by atoms with van der Waals surface area (Å²) in [5.41, 5.74) is 8.01. The molecule has 1 aliphatic carbocycles. The molecule has 1 aromatic heterocycles. The van der Waals surface area contributed by atoms with Crippen LogP contribution < -0.4 is 10.5 Å². The lowest BCUT2D eigenvalue weighted by atomic mass is 10.1. The van der Waals surface area contributed by atoms with E-state index in [9.17, 15) is 4.39 Å². The number of aromatic nitrogens is 2. The molecule has 3 rings (SSSR count). The maximum atomic E-state index is 13.4. The Labute approximate surface area is 110 Å². The number of imidazole rings is 1. The van der Waals surface area contributed by atoms with Crippen molar-refractivity contribution in [1.29, 1.82) is 0 Å². The van der Waals surface area contributed by atoms with Crippen LogP contribution >= 0.6 is 0 Å². The SMILES string of the molecule is COc1ccc(F)cc1-c1nc(C2(N)CC2)[nH]c1C. The number of aromatic amines is 1. The predicted octanol–water partition coefficient (Wildman–Crippen LogP) is 2.48. The van der Waals surface area contributed by atoms with Gasteiger partial charge in [0.05, 0.1) is 18.3 Å². The lowest BCUT2D eigenvalue weighted by Gasteiger charge is -2.07. The summed E-state index contributed by atoms with van der Waals surface area (Å²) in [6.07, 6.45) is 1.86. The summed E-state index contributed by atoms with van der Waals surface area (Å²) in [5.74, 6) is 1.06. The zero-order chi connectivity index (χ0) is 13.6. The van der Waals surface area contributed by atoms with E-state index in [4.69, 9.17) is 10.5 Å². The second-order valence-electron chi connectivity index (χ2n) is 5.06. The third-order valence-electron chi connectivity index (χ3n) is 3.56. The molecule has 4 nitrogen and oxygen atoms in total. The Bertz CT molecular complexity index is 632. The Morgan fingerprint density at radius 1 is 1.42 bits per heavy atom. The average Bonchev–Trinajstić information content (AvgIpc) is 3.01. The summed E-state index contributed by atoms with van der Waals surface area (Å²) in [6.45, 7) is 1.90. The van der Waals surface area contributed by atoms with E-state index in [-0.39, 0.29) is 11.4 Å². The highest BCUT2D eigenvalue weighted by Crippen LogP contribution is 2.42. The molecule has 3 N–H and O–H groups in total. The van der Waals surface area contributed by atoms with Crippen molar-refractivity contribution >= 4 is 0 Å². The minimum absolute atomic E-state index is 0.311. The largest absolute Gasteiger partial charge is 0.496 e. The molecule has 0 spiro atoms. The molecule has 0 saturated heterocycles. The van der Waals surface area contributed by atoms with E-state index in [1.807, 2.05) is 6.92 Å². The molecule has 0 aliphatic heterocycles. The van der Waals surface area contributed by atoms with Crippen LogP contribution in [-0.4, -0.2) is 17.1 Å². The first-order valence-electron chi connectivity index (χ1n) is 6.23. The molecule has 1 aromatic carbocycles. The van der Waals surface area contributed by atoms with Crippen molar-refractivity contribution in [1.82, 2.24) is 9.97 Å². The monoisotopic (exact) mass is 261 g/mol. The minimum atomic E-state index is -0.330. The molecule has 0 unspecified atom stereocenters. The minimum Gasteiger partial charge on any atom is -0.496 e. The van der Waals surface area contributed by atoms with Gasteiger partial charge in [-0.2, -0.15) is 0 Å². The second kappa shape index (κ2) is 4.06. The smallest absolute Gasteiger partial charge is 0.128 e. The van der Waals surface area contributed by atoms with Crippen LogP contribution in [0.1, 0.15) is 24.4 Å². The fraction of sp³-hybridized carbons (Fsp3) is 0.357. The highest BCUT2D eigenvalue weighted by Gasteiger charge is 2.43. The lowest BCUT2D eigenvalue weighted by Crippen LogP contribution is -2.20. The van der Waals surface area contributed by atoms with E-state index < -0.39 is 0 Å². The third-order valence-corrected chi connectivity index (χ3v) is 3.56. The number of methoxy groups -OCH3 is 1. The van der Waals surface area contributed by atoms with Gasteiger partial charge in [0.1, 0.15) is 17.4 Å². The number of aryl methyl sites for hydroxylation is 1. The summed E-state index contributed by atoms with van der Waals surface area (Å²) in [7, 11) is 1.56. The van der Waals surface area contributed by atoms with Crippen LogP contribution in [-0.2, 0) is 5.54 Å². The number of halogens is 1. The summed E-state index contributed by atoms with van der Waals surface area (Å²) in [5, 5.41) is 0. The van der Waals surface area contributed by atoms with Crippen molar-refractivity contribution in [2.75, 3.05) is 7.11 Å². The Kier molecular flexibility index (Phi) is 2.60. The summed E-state index contributed by atoms with van der Waals surface area (Å²) >= 11 is 0. The Morgan fingerprint density at radius 3 is 2.79 bits per heavy atom. The molecule has 0 amide bonds. The van der Waals surface area contributed by atoms with Gasteiger partial charge in [0.15, 0.2) is 0 Å². The van der Waals surface area contributed by atoms with Crippen LogP contribution in [0.25, 0.3) is 11.3 Å². The van der Waals surface area contributed by atoms with Gasteiger partial charge in [-0.15, -0.1) is 0 Å². The third kappa shape index (κ3) is 2.00. The molecule has 1 saturated carbocycles. The maximum absolute atomic E-state index is 13.4. The zero-order valence-electron chi connectivity index (χ0n) is 11.0. The second-order valence-corrected chi connectivity index (χ2v) is 5.06. The van der Waals surface area contributed by atoms with Gasteiger partial charge in [0.25, 0.3) is 0 Å². The molecular formula is C14H16FN3O. The normalized spacial score (nSPS) is 16.4. The van der Waals surface area contributed by atoms with Crippen LogP contribution in [0.15, 0.2) is 18.2 Å². The van der Waals surface area contributed by atoms with Crippen molar-refractivity contribution in [2.45, 2.75) is 25.3 Å². The van der Waals surface area contributed by atoms with Gasteiger partial charge in [0.2, 0.25) is 0 Å². The molecular weight excluding hydrogens is 245 g/mol. The van der Waals surface area contributed by atoms with E-state index in [1.165, 1.54) is 12.1 Å². The van der Waals surface area contributed by atoms with Gasteiger partial charge in [-0.25, -0.2) is 9.37 Å². The number of H-pyrrole nitrogens is 1. The van der Waals surface area contributed by atoms with Crippen molar-refractivity contribution in [3.05, 3.63) is 35.5 Å². The van der Waals surface area contributed by atoms with Crippen molar-refractivity contribution < 1.29 is 9.13 Å². The van der Waals surface area contributed by atoms with Gasteiger partial charge in [-0.05, 0) is 38.0 Å². The van der Waals surface area contributed by atoms with Crippen LogP contribution in [0, 0.1) is 12.7 Å². The van der Waals surface area contributed by atoms with E-state index in [2.05, 4.69) is 9.97 Å². The van der Waals surface area contributed by atoms with Crippen LogP contribution in [0.4, 0.5) is 4.39 Å². The van der Waals surface area contributed by atoms with Crippen molar-refractivity contribution in [3.63, 3.8) is 0 Å². The predicted molar refractivity (Wildman–Crippen MR) is 70.4 cm³/mol. The number of nitrogens with one attached hydrogen (secondary N) is 1. The van der Waals surface area contributed by atoms with E-state index in [0.29, 0.717) is 17.0 Å². The molecule has 0 radical (unpaired) electrons. The molecule has 1 aliphatic rings. The molecule has 100 valence electrons. The van der Waals surface area contributed by atoms with Crippen molar-refractivity contribution in [2.24, 2.45) is 5.73 Å². The summed E-state index contributed by atoms with van der Waals surface area (Å²) in [6, 6.07) is 4.41. The standard InChI is InChI=1S/C14H16FN3O/c1-8-12(18-13(17-8)14(16)5-6-14)10-7-9(15)3-4-11(10)19-2/h3-4,7H,5-6,16H2,1-2H3,(H,17,18). The summed E-state index contributed by atoms with van der Waals surface area (Å²) < 4.78 is 18.7.